The predicted octanol–water partition coefficient (Wildman–Crippen LogP) is 7.55. The number of carbonyl (C=O) groups excluding carboxylic acids is 1. The average molecular weight is 860 g/mol. The number of ether oxygens (including phenoxy) is 12. The molecule has 0 bridgehead atoms. The van der Waals surface area contributed by atoms with Crippen LogP contribution in [0.4, 0.5) is 5.69 Å². The van der Waals surface area contributed by atoms with E-state index in [1.807, 2.05) is 12.1 Å². The first-order chi connectivity index (χ1) is 29.8. The standard InChI is InChI=1S/C46H85NO13/c1-3-5-7-8-9-10-11-12-13-14-15-21-49-22-23-50-24-25-51-26-27-52-28-29-53-30-31-54-32-33-55-34-35-56-36-37-57-38-39-58-40-41-59-42-43-60-46(48)44-16-18-45(19-17-44)47-20-6-4-2/h16-19,47H,3-15,20-43H2,1-2H3. The van der Waals surface area contributed by atoms with Crippen LogP contribution in [0, 0.1) is 0 Å². The number of anilines is 1. The fourth-order valence-electron chi connectivity index (χ4n) is 5.58. The fraction of sp³-hybridized carbons (Fsp3) is 0.848. The van der Waals surface area contributed by atoms with Crippen molar-refractivity contribution in [3.8, 4) is 0 Å². The molecule has 0 aliphatic heterocycles. The lowest BCUT2D eigenvalue weighted by Gasteiger charge is -2.09. The van der Waals surface area contributed by atoms with Gasteiger partial charge in [-0.25, -0.2) is 4.79 Å². The molecule has 0 unspecified atom stereocenters. The molecule has 60 heavy (non-hydrogen) atoms. The van der Waals surface area contributed by atoms with Gasteiger partial charge in [-0.2, -0.15) is 0 Å². The normalized spacial score (nSPS) is 11.4. The van der Waals surface area contributed by atoms with Crippen LogP contribution in [0.25, 0.3) is 0 Å². The zero-order valence-electron chi connectivity index (χ0n) is 37.8. The van der Waals surface area contributed by atoms with Crippen LogP contribution in [0.5, 0.6) is 0 Å². The second-order valence-corrected chi connectivity index (χ2v) is 14.3. The lowest BCUT2D eigenvalue weighted by Crippen LogP contribution is -2.15. The molecule has 0 aliphatic rings. The average Bonchev–Trinajstić information content (AvgIpc) is 3.26. The van der Waals surface area contributed by atoms with Crippen LogP contribution in [0.1, 0.15) is 108 Å². The first-order valence-corrected chi connectivity index (χ1v) is 23.1. The molecule has 1 aromatic rings. The summed E-state index contributed by atoms with van der Waals surface area (Å²) in [7, 11) is 0. The van der Waals surface area contributed by atoms with Gasteiger partial charge in [-0.1, -0.05) is 84.5 Å². The first-order valence-electron chi connectivity index (χ1n) is 23.1. The Morgan fingerprint density at radius 1 is 0.350 bits per heavy atom. The Hall–Kier alpha value is -1.95. The number of rotatable bonds is 50. The summed E-state index contributed by atoms with van der Waals surface area (Å²) < 4.78 is 66.1. The Morgan fingerprint density at radius 2 is 0.633 bits per heavy atom. The Morgan fingerprint density at radius 3 is 0.967 bits per heavy atom. The second kappa shape index (κ2) is 48.1. The van der Waals surface area contributed by atoms with E-state index in [4.69, 9.17) is 56.8 Å². The van der Waals surface area contributed by atoms with E-state index >= 15 is 0 Å². The van der Waals surface area contributed by atoms with Gasteiger partial charge in [0.2, 0.25) is 0 Å². The minimum atomic E-state index is -0.360. The van der Waals surface area contributed by atoms with E-state index in [0.717, 1.165) is 38.1 Å². The molecule has 0 aromatic heterocycles. The highest BCUT2D eigenvalue weighted by Gasteiger charge is 2.07. The van der Waals surface area contributed by atoms with E-state index in [-0.39, 0.29) is 12.6 Å². The number of esters is 1. The van der Waals surface area contributed by atoms with Gasteiger partial charge in [-0.3, -0.25) is 0 Å². The Balaban J connectivity index is 1.65. The molecule has 14 nitrogen and oxygen atoms in total. The second-order valence-electron chi connectivity index (χ2n) is 14.3. The summed E-state index contributed by atoms with van der Waals surface area (Å²) in [5.74, 6) is -0.360. The molecule has 1 rings (SSSR count). The van der Waals surface area contributed by atoms with Gasteiger partial charge in [0.05, 0.1) is 144 Å². The van der Waals surface area contributed by atoms with Gasteiger partial charge in [-0.05, 0) is 37.1 Å². The summed E-state index contributed by atoms with van der Waals surface area (Å²) in [4.78, 5) is 12.2. The van der Waals surface area contributed by atoms with Crippen molar-refractivity contribution in [2.45, 2.75) is 97.3 Å². The van der Waals surface area contributed by atoms with Gasteiger partial charge in [-0.15, -0.1) is 0 Å². The number of hydrogen-bond acceptors (Lipinski definition) is 14. The van der Waals surface area contributed by atoms with Crippen LogP contribution >= 0.6 is 0 Å². The minimum absolute atomic E-state index is 0.191. The van der Waals surface area contributed by atoms with E-state index in [0.29, 0.717) is 144 Å². The van der Waals surface area contributed by atoms with E-state index in [1.54, 1.807) is 12.1 Å². The fourth-order valence-corrected chi connectivity index (χ4v) is 5.58. The SMILES string of the molecule is CCCCCCCCCCCCCOCCOCCOCCOCCOCCOCCOCCOCCOCCOCCOCCOC(=O)c1ccc(NCCCC)cc1. The van der Waals surface area contributed by atoms with Gasteiger partial charge >= 0.3 is 5.97 Å². The number of benzene rings is 1. The summed E-state index contributed by atoms with van der Waals surface area (Å²) in [6.45, 7) is 16.9. The molecular weight excluding hydrogens is 774 g/mol. The third kappa shape index (κ3) is 41.4. The number of carbonyl (C=O) groups is 1. The maximum atomic E-state index is 12.2. The van der Waals surface area contributed by atoms with Crippen LogP contribution in [-0.2, 0) is 56.8 Å². The van der Waals surface area contributed by atoms with Gasteiger partial charge < -0.3 is 62.2 Å². The van der Waals surface area contributed by atoms with Gasteiger partial charge in [0.1, 0.15) is 6.61 Å². The third-order valence-electron chi connectivity index (χ3n) is 9.05. The van der Waals surface area contributed by atoms with Crippen molar-refractivity contribution in [3.63, 3.8) is 0 Å². The molecule has 0 radical (unpaired) electrons. The van der Waals surface area contributed by atoms with Crippen molar-refractivity contribution in [2.75, 3.05) is 164 Å². The van der Waals surface area contributed by atoms with Crippen LogP contribution in [0.3, 0.4) is 0 Å². The van der Waals surface area contributed by atoms with E-state index in [1.165, 1.54) is 64.2 Å². The number of unbranched alkanes of at least 4 members (excludes halogenated alkanes) is 11. The van der Waals surface area contributed by atoms with Gasteiger partial charge in [0, 0.05) is 18.8 Å². The topological polar surface area (TPSA) is 140 Å². The maximum absolute atomic E-state index is 12.2. The largest absolute Gasteiger partial charge is 0.460 e. The maximum Gasteiger partial charge on any atom is 0.338 e. The molecule has 14 heteroatoms. The molecule has 1 N–H and O–H groups in total. The van der Waals surface area contributed by atoms with E-state index < -0.39 is 0 Å². The molecule has 0 saturated carbocycles. The lowest BCUT2D eigenvalue weighted by molar-refractivity contribution is -0.0280. The quantitative estimate of drug-likeness (QED) is 0.0510. The number of nitrogens with one attached hydrogen (secondary N) is 1. The molecule has 352 valence electrons. The summed E-state index contributed by atoms with van der Waals surface area (Å²) in [5, 5.41) is 3.32. The Kier molecular flexibility index (Phi) is 44.9. The Bertz CT molecular complexity index is 992. The van der Waals surface area contributed by atoms with Crippen LogP contribution in [0.15, 0.2) is 24.3 Å². The zero-order valence-corrected chi connectivity index (χ0v) is 37.8. The summed E-state index contributed by atoms with van der Waals surface area (Å²) in [5.41, 5.74) is 1.52. The van der Waals surface area contributed by atoms with Gasteiger partial charge in [0.25, 0.3) is 0 Å². The predicted molar refractivity (Wildman–Crippen MR) is 236 cm³/mol. The third-order valence-corrected chi connectivity index (χ3v) is 9.05. The molecule has 0 fully saturated rings. The van der Waals surface area contributed by atoms with Crippen LogP contribution in [-0.4, -0.2) is 164 Å². The van der Waals surface area contributed by atoms with Crippen molar-refractivity contribution in [2.24, 2.45) is 0 Å². The molecular formula is C46H85NO13. The van der Waals surface area contributed by atoms with Crippen LogP contribution < -0.4 is 5.32 Å². The highest BCUT2D eigenvalue weighted by atomic mass is 16.6. The summed E-state index contributed by atoms with van der Waals surface area (Å²) >= 11 is 0. The monoisotopic (exact) mass is 860 g/mol. The first kappa shape index (κ1) is 56.1. The Labute approximate surface area is 363 Å². The van der Waals surface area contributed by atoms with Crippen molar-refractivity contribution in [3.05, 3.63) is 29.8 Å². The molecule has 0 heterocycles. The molecule has 0 aliphatic carbocycles. The molecule has 0 atom stereocenters. The van der Waals surface area contributed by atoms with E-state index in [2.05, 4.69) is 19.2 Å². The summed E-state index contributed by atoms with van der Waals surface area (Å²) in [6.07, 6.45) is 17.1. The molecule has 1 aromatic carbocycles. The lowest BCUT2D eigenvalue weighted by atomic mass is 10.1. The molecule has 0 saturated heterocycles. The molecule has 0 spiro atoms. The zero-order chi connectivity index (χ0) is 42.9. The van der Waals surface area contributed by atoms with Gasteiger partial charge in [0.15, 0.2) is 0 Å². The molecule has 0 amide bonds. The minimum Gasteiger partial charge on any atom is -0.460 e. The van der Waals surface area contributed by atoms with Crippen molar-refractivity contribution < 1.29 is 61.6 Å². The summed E-state index contributed by atoms with van der Waals surface area (Å²) in [6, 6.07) is 7.30. The smallest absolute Gasteiger partial charge is 0.338 e. The van der Waals surface area contributed by atoms with Crippen molar-refractivity contribution in [1.29, 1.82) is 0 Å². The highest BCUT2D eigenvalue weighted by Crippen LogP contribution is 2.12. The number of hydrogen-bond donors (Lipinski definition) is 1. The van der Waals surface area contributed by atoms with Crippen molar-refractivity contribution in [1.82, 2.24) is 0 Å². The van der Waals surface area contributed by atoms with Crippen molar-refractivity contribution >= 4 is 11.7 Å². The van der Waals surface area contributed by atoms with Crippen LogP contribution in [0.2, 0.25) is 0 Å². The van der Waals surface area contributed by atoms with E-state index in [9.17, 15) is 4.79 Å². The highest BCUT2D eigenvalue weighted by molar-refractivity contribution is 5.89.